The van der Waals surface area contributed by atoms with Crippen LogP contribution < -0.4 is 4.90 Å². The van der Waals surface area contributed by atoms with Gasteiger partial charge in [0.25, 0.3) is 0 Å². The van der Waals surface area contributed by atoms with Crippen molar-refractivity contribution in [3.05, 3.63) is 164 Å². The first kappa shape index (κ1) is 26.1. The molecule has 0 fully saturated rings. The lowest BCUT2D eigenvalue weighted by Gasteiger charge is -2.25. The third-order valence-electron chi connectivity index (χ3n) is 8.66. The standard InChI is InChI=1S/C41H27N5/c1-3-10-32(11-4-1)45(38-24-20-30-16-15-29-9-7-25-42-39(29)40(30)44-38)34-21-17-28(18-22-34)31-19-23-37-36(27-31)35-14-8-26-43-41(35)46(37)33-12-5-2-6-13-33/h1-27H. The summed E-state index contributed by atoms with van der Waals surface area (Å²) >= 11 is 0. The summed E-state index contributed by atoms with van der Waals surface area (Å²) < 4.78 is 2.24. The lowest BCUT2D eigenvalue weighted by atomic mass is 10.0. The molecular formula is C41H27N5. The molecule has 46 heavy (non-hydrogen) atoms. The molecule has 216 valence electrons. The normalized spacial score (nSPS) is 11.5. The van der Waals surface area contributed by atoms with Crippen molar-refractivity contribution < 1.29 is 0 Å². The third-order valence-corrected chi connectivity index (χ3v) is 8.66. The van der Waals surface area contributed by atoms with Crippen LogP contribution in [0.15, 0.2) is 164 Å². The Morgan fingerprint density at radius 3 is 1.98 bits per heavy atom. The van der Waals surface area contributed by atoms with Crippen LogP contribution in [0.4, 0.5) is 17.2 Å². The fraction of sp³-hybridized carbons (Fsp3) is 0. The highest BCUT2D eigenvalue weighted by atomic mass is 15.2. The largest absolute Gasteiger partial charge is 0.295 e. The van der Waals surface area contributed by atoms with Gasteiger partial charge in [0, 0.05) is 51.0 Å². The van der Waals surface area contributed by atoms with Gasteiger partial charge < -0.3 is 0 Å². The van der Waals surface area contributed by atoms with E-state index >= 15 is 0 Å². The Kier molecular flexibility index (Phi) is 6.06. The molecule has 0 N–H and O–H groups in total. The van der Waals surface area contributed by atoms with Crippen LogP contribution in [0.2, 0.25) is 0 Å². The molecule has 9 aromatic rings. The second-order valence-electron chi connectivity index (χ2n) is 11.4. The molecule has 0 aliphatic heterocycles. The van der Waals surface area contributed by atoms with Gasteiger partial charge in [0.1, 0.15) is 11.5 Å². The Bertz CT molecular complexity index is 2520. The van der Waals surface area contributed by atoms with Gasteiger partial charge in [-0.15, -0.1) is 0 Å². The van der Waals surface area contributed by atoms with Crippen LogP contribution in [0.25, 0.3) is 60.6 Å². The van der Waals surface area contributed by atoms with Crippen LogP contribution in [-0.4, -0.2) is 19.5 Å². The summed E-state index contributed by atoms with van der Waals surface area (Å²) in [5, 5.41) is 4.47. The van der Waals surface area contributed by atoms with E-state index in [-0.39, 0.29) is 0 Å². The quantitative estimate of drug-likeness (QED) is 0.187. The highest BCUT2D eigenvalue weighted by Gasteiger charge is 2.17. The minimum absolute atomic E-state index is 0.840. The second-order valence-corrected chi connectivity index (χ2v) is 11.4. The summed E-state index contributed by atoms with van der Waals surface area (Å²) in [6.07, 6.45) is 3.69. The molecule has 9 rings (SSSR count). The highest BCUT2D eigenvalue weighted by Crippen LogP contribution is 2.38. The van der Waals surface area contributed by atoms with Crippen LogP contribution in [0, 0.1) is 0 Å². The van der Waals surface area contributed by atoms with Crippen LogP contribution in [-0.2, 0) is 0 Å². The van der Waals surface area contributed by atoms with E-state index in [2.05, 4.69) is 142 Å². The Morgan fingerprint density at radius 1 is 0.478 bits per heavy atom. The molecule has 0 saturated carbocycles. The van der Waals surface area contributed by atoms with Gasteiger partial charge in [0.05, 0.1) is 16.6 Å². The Labute approximate surface area is 265 Å². The Hall–Kier alpha value is -6.33. The van der Waals surface area contributed by atoms with Gasteiger partial charge >= 0.3 is 0 Å². The molecule has 5 nitrogen and oxygen atoms in total. The summed E-state index contributed by atoms with van der Waals surface area (Å²) in [6.45, 7) is 0. The number of aromatic nitrogens is 4. The molecule has 0 amide bonds. The number of benzene rings is 5. The van der Waals surface area contributed by atoms with Crippen molar-refractivity contribution in [2.24, 2.45) is 0 Å². The summed E-state index contributed by atoms with van der Waals surface area (Å²) in [4.78, 5) is 16.8. The zero-order valence-corrected chi connectivity index (χ0v) is 24.8. The van der Waals surface area contributed by atoms with Gasteiger partial charge in [-0.05, 0) is 90.0 Å². The number of hydrogen-bond donors (Lipinski definition) is 0. The van der Waals surface area contributed by atoms with Crippen molar-refractivity contribution in [1.82, 2.24) is 19.5 Å². The van der Waals surface area contributed by atoms with Gasteiger partial charge in [-0.2, -0.15) is 0 Å². The van der Waals surface area contributed by atoms with Gasteiger partial charge in [-0.1, -0.05) is 72.8 Å². The van der Waals surface area contributed by atoms with Crippen molar-refractivity contribution in [1.29, 1.82) is 0 Å². The monoisotopic (exact) mass is 589 g/mol. The number of anilines is 3. The molecule has 0 atom stereocenters. The smallest absolute Gasteiger partial charge is 0.145 e. The SMILES string of the molecule is c1ccc(N(c2ccc(-c3ccc4c(c3)c3cccnc3n4-c3ccccc3)cc2)c2ccc3ccc4cccnc4c3n2)cc1. The van der Waals surface area contributed by atoms with Gasteiger partial charge in [0.2, 0.25) is 0 Å². The summed E-state index contributed by atoms with van der Waals surface area (Å²) in [7, 11) is 0. The van der Waals surface area contributed by atoms with E-state index in [4.69, 9.17) is 9.97 Å². The van der Waals surface area contributed by atoms with Crippen molar-refractivity contribution >= 4 is 60.9 Å². The number of hydrogen-bond acceptors (Lipinski definition) is 4. The number of pyridine rings is 3. The van der Waals surface area contributed by atoms with E-state index in [1.54, 1.807) is 0 Å². The van der Waals surface area contributed by atoms with Crippen molar-refractivity contribution in [2.45, 2.75) is 0 Å². The Balaban J connectivity index is 1.15. The van der Waals surface area contributed by atoms with Crippen LogP contribution in [0.5, 0.6) is 0 Å². The van der Waals surface area contributed by atoms with E-state index < -0.39 is 0 Å². The van der Waals surface area contributed by atoms with Gasteiger partial charge in [-0.25, -0.2) is 9.97 Å². The van der Waals surface area contributed by atoms with Crippen molar-refractivity contribution in [3.63, 3.8) is 0 Å². The van der Waals surface area contributed by atoms with Crippen LogP contribution >= 0.6 is 0 Å². The maximum absolute atomic E-state index is 5.18. The lowest BCUT2D eigenvalue weighted by Crippen LogP contribution is -2.11. The molecule has 0 spiro atoms. The van der Waals surface area contributed by atoms with Crippen LogP contribution in [0.1, 0.15) is 0 Å². The van der Waals surface area contributed by atoms with E-state index in [1.165, 1.54) is 5.39 Å². The molecule has 0 aliphatic carbocycles. The maximum Gasteiger partial charge on any atom is 0.145 e. The molecule has 0 unspecified atom stereocenters. The first-order chi connectivity index (χ1) is 22.8. The van der Waals surface area contributed by atoms with E-state index in [9.17, 15) is 0 Å². The first-order valence-corrected chi connectivity index (χ1v) is 15.4. The fourth-order valence-corrected chi connectivity index (χ4v) is 6.50. The predicted octanol–water partition coefficient (Wildman–Crippen LogP) is 10.4. The average molecular weight is 590 g/mol. The number of para-hydroxylation sites is 2. The van der Waals surface area contributed by atoms with Gasteiger partial charge in [-0.3, -0.25) is 14.5 Å². The zero-order valence-electron chi connectivity index (χ0n) is 24.8. The van der Waals surface area contributed by atoms with E-state index in [0.717, 1.165) is 72.4 Å². The van der Waals surface area contributed by atoms with Crippen molar-refractivity contribution in [3.8, 4) is 16.8 Å². The molecule has 0 saturated heterocycles. The van der Waals surface area contributed by atoms with E-state index in [0.29, 0.717) is 0 Å². The molecule has 5 heteroatoms. The minimum atomic E-state index is 0.840. The summed E-state index contributed by atoms with van der Waals surface area (Å²) in [5.74, 6) is 0.840. The molecule has 0 radical (unpaired) electrons. The maximum atomic E-state index is 5.18. The highest BCUT2D eigenvalue weighted by molar-refractivity contribution is 6.09. The number of rotatable bonds is 5. The third kappa shape index (κ3) is 4.29. The second kappa shape index (κ2) is 10.7. The molecule has 0 aliphatic rings. The number of fused-ring (bicyclic) bond motifs is 6. The first-order valence-electron chi connectivity index (χ1n) is 15.4. The average Bonchev–Trinajstić information content (AvgIpc) is 3.46. The summed E-state index contributed by atoms with van der Waals surface area (Å²) in [6, 6.07) is 52.9. The lowest BCUT2D eigenvalue weighted by molar-refractivity contribution is 1.14. The van der Waals surface area contributed by atoms with Gasteiger partial charge in [0.15, 0.2) is 0 Å². The predicted molar refractivity (Wildman–Crippen MR) is 189 cm³/mol. The molecular weight excluding hydrogens is 562 g/mol. The van der Waals surface area contributed by atoms with E-state index in [1.807, 2.05) is 36.7 Å². The summed E-state index contributed by atoms with van der Waals surface area (Å²) in [5.41, 5.74) is 9.37. The molecule has 4 aromatic heterocycles. The minimum Gasteiger partial charge on any atom is -0.295 e. The number of nitrogens with zero attached hydrogens (tertiary/aromatic N) is 5. The molecule has 5 aromatic carbocycles. The fourth-order valence-electron chi connectivity index (χ4n) is 6.50. The topological polar surface area (TPSA) is 46.8 Å². The molecule has 4 heterocycles. The van der Waals surface area contributed by atoms with Crippen molar-refractivity contribution in [2.75, 3.05) is 4.90 Å². The Morgan fingerprint density at radius 2 is 1.15 bits per heavy atom. The molecule has 0 bridgehead atoms. The van der Waals surface area contributed by atoms with Crippen LogP contribution in [0.3, 0.4) is 0 Å². The zero-order chi connectivity index (χ0) is 30.5.